The first-order chi connectivity index (χ1) is 9.47. The Hall–Kier alpha value is -2.14. The molecule has 0 aliphatic rings. The van der Waals surface area contributed by atoms with Crippen molar-refractivity contribution in [3.63, 3.8) is 0 Å². The lowest BCUT2D eigenvalue weighted by Crippen LogP contribution is -2.43. The maximum absolute atomic E-state index is 12.0. The van der Waals surface area contributed by atoms with Crippen molar-refractivity contribution < 1.29 is 4.79 Å². The molecule has 0 unspecified atom stereocenters. The lowest BCUT2D eigenvalue weighted by atomic mass is 9.94. The Kier molecular flexibility index (Phi) is 4.20. The first-order valence-electron chi connectivity index (χ1n) is 6.08. The number of hydrogen-bond donors (Lipinski definition) is 2. The Labute approximate surface area is 122 Å². The van der Waals surface area contributed by atoms with Crippen molar-refractivity contribution in [2.24, 2.45) is 0 Å². The number of benzene rings is 1. The summed E-state index contributed by atoms with van der Waals surface area (Å²) in [5, 5.41) is 6.13. The van der Waals surface area contributed by atoms with Gasteiger partial charge in [-0.25, -0.2) is 9.78 Å². The summed E-state index contributed by atoms with van der Waals surface area (Å²) in [7, 11) is 0. The van der Waals surface area contributed by atoms with Gasteiger partial charge in [0.25, 0.3) is 0 Å². The first-order valence-corrected chi connectivity index (χ1v) is 6.46. The second kappa shape index (κ2) is 5.88. The maximum Gasteiger partial charge on any atom is 0.321 e. The Balaban J connectivity index is 2.06. The van der Waals surface area contributed by atoms with Crippen molar-refractivity contribution in [1.82, 2.24) is 15.3 Å². The standard InChI is InChI=1S/C14H15ClN4O/c1-14(2,10-4-3-5-11(15)8-10)19-13(20)18-12-9-16-6-7-17-12/h3-9H,1-2H3,(H2,17,18,19,20). The quantitative estimate of drug-likeness (QED) is 0.912. The van der Waals surface area contributed by atoms with Crippen molar-refractivity contribution >= 4 is 23.4 Å². The minimum absolute atomic E-state index is 0.351. The van der Waals surface area contributed by atoms with E-state index in [0.717, 1.165) is 5.56 Å². The summed E-state index contributed by atoms with van der Waals surface area (Å²) < 4.78 is 0. The highest BCUT2D eigenvalue weighted by molar-refractivity contribution is 6.30. The lowest BCUT2D eigenvalue weighted by molar-refractivity contribution is 0.241. The van der Waals surface area contributed by atoms with E-state index in [0.29, 0.717) is 10.8 Å². The molecule has 0 fully saturated rings. The monoisotopic (exact) mass is 290 g/mol. The van der Waals surface area contributed by atoms with Gasteiger partial charge in [-0.15, -0.1) is 0 Å². The number of aromatic nitrogens is 2. The number of amides is 2. The van der Waals surface area contributed by atoms with Crippen LogP contribution in [-0.2, 0) is 5.54 Å². The molecule has 2 rings (SSSR count). The zero-order chi connectivity index (χ0) is 14.6. The highest BCUT2D eigenvalue weighted by atomic mass is 35.5. The highest BCUT2D eigenvalue weighted by Gasteiger charge is 2.23. The number of anilines is 1. The molecule has 0 aliphatic carbocycles. The van der Waals surface area contributed by atoms with Crippen LogP contribution < -0.4 is 10.6 Å². The van der Waals surface area contributed by atoms with Crippen LogP contribution in [0.3, 0.4) is 0 Å². The van der Waals surface area contributed by atoms with Gasteiger partial charge in [-0.05, 0) is 31.5 Å². The van der Waals surface area contributed by atoms with Gasteiger partial charge in [-0.1, -0.05) is 23.7 Å². The normalized spacial score (nSPS) is 10.9. The molecule has 20 heavy (non-hydrogen) atoms. The van der Waals surface area contributed by atoms with Crippen LogP contribution in [0.2, 0.25) is 5.02 Å². The fourth-order valence-corrected chi connectivity index (χ4v) is 1.93. The van der Waals surface area contributed by atoms with Gasteiger partial charge in [-0.2, -0.15) is 0 Å². The molecule has 0 saturated heterocycles. The van der Waals surface area contributed by atoms with E-state index in [1.165, 1.54) is 12.4 Å². The van der Waals surface area contributed by atoms with E-state index in [1.54, 1.807) is 12.3 Å². The summed E-state index contributed by atoms with van der Waals surface area (Å²) in [6.07, 6.45) is 4.53. The van der Waals surface area contributed by atoms with E-state index in [9.17, 15) is 4.79 Å². The minimum Gasteiger partial charge on any atom is -0.329 e. The molecule has 0 atom stereocenters. The predicted molar refractivity (Wildman–Crippen MR) is 78.7 cm³/mol. The summed E-state index contributed by atoms with van der Waals surface area (Å²) in [5.41, 5.74) is 0.358. The molecule has 2 amide bonds. The number of carbonyl (C=O) groups excluding carboxylic acids is 1. The van der Waals surface area contributed by atoms with E-state index in [-0.39, 0.29) is 6.03 Å². The molecule has 1 aromatic heterocycles. The second-order valence-corrected chi connectivity index (χ2v) is 5.24. The van der Waals surface area contributed by atoms with Gasteiger partial charge in [0.15, 0.2) is 5.82 Å². The molecular formula is C14H15ClN4O. The molecule has 1 aromatic carbocycles. The van der Waals surface area contributed by atoms with Crippen LogP contribution >= 0.6 is 11.6 Å². The van der Waals surface area contributed by atoms with Crippen LogP contribution in [0.25, 0.3) is 0 Å². The van der Waals surface area contributed by atoms with Crippen LogP contribution in [0, 0.1) is 0 Å². The van der Waals surface area contributed by atoms with Crippen molar-refractivity contribution in [1.29, 1.82) is 0 Å². The molecule has 6 heteroatoms. The number of nitrogens with zero attached hydrogens (tertiary/aromatic N) is 2. The third-order valence-corrected chi connectivity index (χ3v) is 3.01. The van der Waals surface area contributed by atoms with Crippen molar-refractivity contribution in [2.45, 2.75) is 19.4 Å². The van der Waals surface area contributed by atoms with Gasteiger partial charge in [0.1, 0.15) is 0 Å². The largest absolute Gasteiger partial charge is 0.329 e. The predicted octanol–water partition coefficient (Wildman–Crippen LogP) is 3.19. The number of halogens is 1. The van der Waals surface area contributed by atoms with E-state index in [2.05, 4.69) is 20.6 Å². The maximum atomic E-state index is 12.0. The molecule has 0 aliphatic heterocycles. The van der Waals surface area contributed by atoms with E-state index in [1.807, 2.05) is 32.0 Å². The van der Waals surface area contributed by atoms with Crippen molar-refractivity contribution in [3.05, 3.63) is 53.4 Å². The minimum atomic E-state index is -0.558. The zero-order valence-electron chi connectivity index (χ0n) is 11.2. The molecule has 5 nitrogen and oxygen atoms in total. The summed E-state index contributed by atoms with van der Waals surface area (Å²) in [6.45, 7) is 3.80. The number of carbonyl (C=O) groups is 1. The molecule has 1 heterocycles. The van der Waals surface area contributed by atoms with Crippen LogP contribution in [0.5, 0.6) is 0 Å². The Bertz CT molecular complexity index is 601. The molecular weight excluding hydrogens is 276 g/mol. The van der Waals surface area contributed by atoms with Crippen molar-refractivity contribution in [2.75, 3.05) is 5.32 Å². The molecule has 2 N–H and O–H groups in total. The summed E-state index contributed by atoms with van der Waals surface area (Å²) in [4.78, 5) is 19.8. The van der Waals surface area contributed by atoms with Crippen molar-refractivity contribution in [3.8, 4) is 0 Å². The third-order valence-electron chi connectivity index (χ3n) is 2.78. The molecule has 0 bridgehead atoms. The van der Waals surface area contributed by atoms with Gasteiger partial charge < -0.3 is 5.32 Å². The fourth-order valence-electron chi connectivity index (χ4n) is 1.74. The first kappa shape index (κ1) is 14.3. The Morgan fingerprint density at radius 3 is 2.75 bits per heavy atom. The van der Waals surface area contributed by atoms with Crippen LogP contribution in [0.15, 0.2) is 42.9 Å². The summed E-state index contributed by atoms with van der Waals surface area (Å²) >= 11 is 5.97. The van der Waals surface area contributed by atoms with Crippen LogP contribution in [0.4, 0.5) is 10.6 Å². The number of rotatable bonds is 3. The van der Waals surface area contributed by atoms with Crippen LogP contribution in [0.1, 0.15) is 19.4 Å². The third kappa shape index (κ3) is 3.68. The average Bonchev–Trinajstić information content (AvgIpc) is 2.39. The molecule has 104 valence electrons. The number of urea groups is 1. The Morgan fingerprint density at radius 2 is 2.10 bits per heavy atom. The summed E-state index contributed by atoms with van der Waals surface area (Å²) in [5.74, 6) is 0.395. The van der Waals surface area contributed by atoms with E-state index < -0.39 is 5.54 Å². The average molecular weight is 291 g/mol. The van der Waals surface area contributed by atoms with Gasteiger partial charge >= 0.3 is 6.03 Å². The smallest absolute Gasteiger partial charge is 0.321 e. The van der Waals surface area contributed by atoms with Gasteiger partial charge in [0, 0.05) is 17.4 Å². The highest BCUT2D eigenvalue weighted by Crippen LogP contribution is 2.23. The van der Waals surface area contributed by atoms with Crippen LogP contribution in [-0.4, -0.2) is 16.0 Å². The molecule has 0 radical (unpaired) electrons. The lowest BCUT2D eigenvalue weighted by Gasteiger charge is -2.27. The number of hydrogen-bond acceptors (Lipinski definition) is 3. The molecule has 2 aromatic rings. The Morgan fingerprint density at radius 1 is 1.30 bits per heavy atom. The topological polar surface area (TPSA) is 66.9 Å². The zero-order valence-corrected chi connectivity index (χ0v) is 12.0. The number of nitrogens with one attached hydrogen (secondary N) is 2. The van der Waals surface area contributed by atoms with Gasteiger partial charge in [0.2, 0.25) is 0 Å². The summed E-state index contributed by atoms with van der Waals surface area (Å²) in [6, 6.07) is 7.02. The van der Waals surface area contributed by atoms with E-state index in [4.69, 9.17) is 11.6 Å². The van der Waals surface area contributed by atoms with E-state index >= 15 is 0 Å². The SMILES string of the molecule is CC(C)(NC(=O)Nc1cnccn1)c1cccc(Cl)c1. The van der Waals surface area contributed by atoms with Gasteiger partial charge in [0.05, 0.1) is 11.7 Å². The fraction of sp³-hybridized carbons (Fsp3) is 0.214. The van der Waals surface area contributed by atoms with Gasteiger partial charge in [-0.3, -0.25) is 10.3 Å². The second-order valence-electron chi connectivity index (χ2n) is 4.81. The molecule has 0 spiro atoms. The molecule has 0 saturated carbocycles.